The van der Waals surface area contributed by atoms with Gasteiger partial charge in [-0.2, -0.15) is 13.2 Å². The molecule has 12 heteroatoms. The van der Waals surface area contributed by atoms with Gasteiger partial charge in [-0.1, -0.05) is 0 Å². The van der Waals surface area contributed by atoms with Crippen LogP contribution in [0.15, 0.2) is 35.2 Å². The van der Waals surface area contributed by atoms with Crippen molar-refractivity contribution in [3.63, 3.8) is 0 Å². The molecule has 206 valence electrons. The van der Waals surface area contributed by atoms with Crippen LogP contribution in [0, 0.1) is 0 Å². The van der Waals surface area contributed by atoms with Crippen LogP contribution < -0.4 is 21.1 Å². The number of imidazole rings is 1. The molecule has 1 aromatic heterocycles. The highest BCUT2D eigenvalue weighted by atomic mass is 19.4. The van der Waals surface area contributed by atoms with Crippen molar-refractivity contribution < 1.29 is 27.8 Å². The standard InChI is InChI=1S/C25H37F3N6O3/c1-16(30-9-4-10-36-3)11-23(29)33-20-12-19(13-21-24(20)32-15-34(21)2)37-18-7-5-17(6-8-18)31-14-22(35)25(26,27)28/h11-13,15,17-18,22,30-31,35H,4-10,14H2,1-3H3,(H2,29,33)/b16-11-/t17?,18?,22-/m1/s1. The third kappa shape index (κ3) is 8.61. The summed E-state index contributed by atoms with van der Waals surface area (Å²) < 4.78 is 50.8. The first-order valence-corrected chi connectivity index (χ1v) is 12.4. The van der Waals surface area contributed by atoms with Gasteiger partial charge in [0.05, 0.1) is 23.6 Å². The first-order chi connectivity index (χ1) is 17.6. The molecule has 37 heavy (non-hydrogen) atoms. The first-order valence-electron chi connectivity index (χ1n) is 12.4. The van der Waals surface area contributed by atoms with Crippen LogP contribution in [-0.4, -0.2) is 71.7 Å². The molecule has 1 atom stereocenters. The highest BCUT2D eigenvalue weighted by Gasteiger charge is 2.38. The van der Waals surface area contributed by atoms with Crippen LogP contribution in [0.4, 0.5) is 18.9 Å². The highest BCUT2D eigenvalue weighted by Crippen LogP contribution is 2.33. The second-order valence-electron chi connectivity index (χ2n) is 9.36. The van der Waals surface area contributed by atoms with Gasteiger partial charge in [0.25, 0.3) is 0 Å². The number of nitrogens with zero attached hydrogens (tertiary/aromatic N) is 3. The molecule has 1 saturated carbocycles. The summed E-state index contributed by atoms with van der Waals surface area (Å²) in [7, 11) is 3.55. The Morgan fingerprint density at radius 2 is 2.05 bits per heavy atom. The molecule has 9 nitrogen and oxygen atoms in total. The summed E-state index contributed by atoms with van der Waals surface area (Å²) in [5, 5.41) is 15.3. The van der Waals surface area contributed by atoms with E-state index >= 15 is 0 Å². The van der Waals surface area contributed by atoms with Crippen LogP contribution in [-0.2, 0) is 11.8 Å². The van der Waals surface area contributed by atoms with Gasteiger partial charge in [0.15, 0.2) is 6.10 Å². The molecule has 2 aromatic rings. The molecule has 1 aliphatic carbocycles. The Morgan fingerprint density at radius 1 is 1.32 bits per heavy atom. The first kappa shape index (κ1) is 28.7. The van der Waals surface area contributed by atoms with Crippen LogP contribution in [0.2, 0.25) is 0 Å². The molecule has 0 bridgehead atoms. The summed E-state index contributed by atoms with van der Waals surface area (Å²) in [6, 6.07) is 3.62. The van der Waals surface area contributed by atoms with Crippen molar-refractivity contribution in [3.05, 3.63) is 30.2 Å². The van der Waals surface area contributed by atoms with E-state index in [1.807, 2.05) is 24.6 Å². The van der Waals surface area contributed by atoms with Crippen LogP contribution in [0.3, 0.4) is 0 Å². The highest BCUT2D eigenvalue weighted by molar-refractivity contribution is 5.98. The molecule has 1 heterocycles. The third-order valence-electron chi connectivity index (χ3n) is 6.28. The van der Waals surface area contributed by atoms with Crippen molar-refractivity contribution in [2.24, 2.45) is 17.8 Å². The smallest absolute Gasteiger partial charge is 0.415 e. The van der Waals surface area contributed by atoms with Crippen LogP contribution >= 0.6 is 0 Å². The van der Waals surface area contributed by atoms with Crippen LogP contribution in [0.25, 0.3) is 11.0 Å². The lowest BCUT2D eigenvalue weighted by molar-refractivity contribution is -0.202. The van der Waals surface area contributed by atoms with Gasteiger partial charge in [0.1, 0.15) is 17.1 Å². The number of methoxy groups -OCH3 is 1. The Morgan fingerprint density at radius 3 is 2.73 bits per heavy atom. The lowest BCUT2D eigenvalue weighted by Gasteiger charge is -2.30. The number of hydrogen-bond donors (Lipinski definition) is 4. The average molecular weight is 527 g/mol. The molecule has 0 saturated heterocycles. The second-order valence-corrected chi connectivity index (χ2v) is 9.36. The molecular formula is C25H37F3N6O3. The SMILES string of the molecule is COCCCN/C(C)=C\C(N)=Nc1cc(OC2CCC(NC[C@@H](O)C(F)(F)F)CC2)cc2c1ncn2C. The van der Waals surface area contributed by atoms with E-state index in [4.69, 9.17) is 15.2 Å². The van der Waals surface area contributed by atoms with Crippen LogP contribution in [0.5, 0.6) is 5.75 Å². The molecule has 3 rings (SSSR count). The zero-order chi connectivity index (χ0) is 27.0. The number of aliphatic hydroxyl groups is 1. The van der Waals surface area contributed by atoms with E-state index < -0.39 is 18.8 Å². The molecule has 0 amide bonds. The van der Waals surface area contributed by atoms with E-state index in [1.54, 1.807) is 25.6 Å². The number of rotatable bonds is 12. The Kier molecular flexibility index (Phi) is 10.2. The van der Waals surface area contributed by atoms with Crippen molar-refractivity contribution >= 4 is 22.6 Å². The Labute approximate surface area is 214 Å². The van der Waals surface area contributed by atoms with Gasteiger partial charge in [0.2, 0.25) is 0 Å². The number of allylic oxidation sites excluding steroid dienone is 1. The number of nitrogens with two attached hydrogens (primary N) is 1. The number of aliphatic imine (C=N–C) groups is 1. The van der Waals surface area contributed by atoms with Crippen molar-refractivity contribution in [1.82, 2.24) is 20.2 Å². The Balaban J connectivity index is 1.64. The minimum atomic E-state index is -4.61. The zero-order valence-electron chi connectivity index (χ0n) is 21.5. The van der Waals surface area contributed by atoms with E-state index in [2.05, 4.69) is 20.6 Å². The zero-order valence-corrected chi connectivity index (χ0v) is 21.5. The summed E-state index contributed by atoms with van der Waals surface area (Å²) in [5.74, 6) is 0.957. The molecular weight excluding hydrogens is 489 g/mol. The monoisotopic (exact) mass is 526 g/mol. The Hall–Kier alpha value is -2.83. The normalized spacial score (nSPS) is 20.3. The molecule has 0 unspecified atom stereocenters. The number of hydrogen-bond acceptors (Lipinski definition) is 7. The van der Waals surface area contributed by atoms with Gasteiger partial charge in [-0.3, -0.25) is 0 Å². The van der Waals surface area contributed by atoms with E-state index in [-0.39, 0.29) is 12.1 Å². The fourth-order valence-electron chi connectivity index (χ4n) is 4.26. The summed E-state index contributed by atoms with van der Waals surface area (Å²) >= 11 is 0. The van der Waals surface area contributed by atoms with Crippen molar-refractivity contribution in [3.8, 4) is 5.75 Å². The van der Waals surface area contributed by atoms with E-state index in [1.165, 1.54) is 0 Å². The van der Waals surface area contributed by atoms with Gasteiger partial charge >= 0.3 is 6.18 Å². The number of amidine groups is 1. The number of nitrogens with one attached hydrogen (secondary N) is 2. The number of fused-ring (bicyclic) bond motifs is 1. The number of benzene rings is 1. The predicted octanol–water partition coefficient (Wildman–Crippen LogP) is 3.29. The summed E-state index contributed by atoms with van der Waals surface area (Å²) in [6.07, 6.45) is -0.0383. The number of ether oxygens (including phenoxy) is 2. The molecule has 1 aromatic carbocycles. The Bertz CT molecular complexity index is 1080. The lowest BCUT2D eigenvalue weighted by atomic mass is 9.93. The molecule has 5 N–H and O–H groups in total. The third-order valence-corrected chi connectivity index (χ3v) is 6.28. The van der Waals surface area contributed by atoms with Crippen molar-refractivity contribution in [1.29, 1.82) is 0 Å². The van der Waals surface area contributed by atoms with E-state index in [0.29, 0.717) is 55.1 Å². The quantitative estimate of drug-likeness (QED) is 0.190. The molecule has 0 aliphatic heterocycles. The van der Waals surface area contributed by atoms with E-state index in [0.717, 1.165) is 24.2 Å². The average Bonchev–Trinajstić information content (AvgIpc) is 3.21. The van der Waals surface area contributed by atoms with Crippen molar-refractivity contribution in [2.45, 2.75) is 63.5 Å². The maximum absolute atomic E-state index is 12.5. The van der Waals surface area contributed by atoms with Gasteiger partial charge < -0.3 is 35.5 Å². The van der Waals surface area contributed by atoms with E-state index in [9.17, 15) is 18.3 Å². The summed E-state index contributed by atoms with van der Waals surface area (Å²) in [5.41, 5.74) is 9.22. The van der Waals surface area contributed by atoms with Gasteiger partial charge in [-0.25, -0.2) is 9.98 Å². The topological polar surface area (TPSA) is 119 Å². The minimum absolute atomic E-state index is 0.0797. The fraction of sp³-hybridized carbons (Fsp3) is 0.600. The summed E-state index contributed by atoms with van der Waals surface area (Å²) in [4.78, 5) is 9.04. The number of halogens is 3. The molecule has 0 radical (unpaired) electrons. The number of aliphatic hydroxyl groups excluding tert-OH is 1. The number of aryl methyl sites for hydroxylation is 1. The maximum Gasteiger partial charge on any atom is 0.415 e. The number of alkyl halides is 3. The predicted molar refractivity (Wildman–Crippen MR) is 137 cm³/mol. The number of aromatic nitrogens is 2. The molecule has 0 spiro atoms. The van der Waals surface area contributed by atoms with Crippen molar-refractivity contribution in [2.75, 3.05) is 26.8 Å². The molecule has 1 fully saturated rings. The minimum Gasteiger partial charge on any atom is -0.490 e. The second kappa shape index (κ2) is 13.1. The lowest BCUT2D eigenvalue weighted by Crippen LogP contribution is -2.44. The van der Waals surface area contributed by atoms with Gasteiger partial charge in [0, 0.05) is 57.7 Å². The maximum atomic E-state index is 12.5. The van der Waals surface area contributed by atoms with Crippen LogP contribution in [0.1, 0.15) is 39.0 Å². The largest absolute Gasteiger partial charge is 0.490 e. The molecule has 1 aliphatic rings. The van der Waals surface area contributed by atoms with Gasteiger partial charge in [-0.05, 0) is 45.1 Å². The summed E-state index contributed by atoms with van der Waals surface area (Å²) in [6.45, 7) is 2.85. The van der Waals surface area contributed by atoms with Gasteiger partial charge in [-0.15, -0.1) is 0 Å². The fourth-order valence-corrected chi connectivity index (χ4v) is 4.26.